The van der Waals surface area contributed by atoms with Crippen molar-refractivity contribution in [1.29, 1.82) is 0 Å². The van der Waals surface area contributed by atoms with Crippen molar-refractivity contribution in [3.8, 4) is 0 Å². The van der Waals surface area contributed by atoms with Crippen LogP contribution in [-0.4, -0.2) is 27.6 Å². The zero-order chi connectivity index (χ0) is 18.8. The first-order chi connectivity index (χ1) is 12.4. The van der Waals surface area contributed by atoms with Crippen molar-refractivity contribution in [1.82, 2.24) is 0 Å². The third kappa shape index (κ3) is 3.20. The second-order valence-corrected chi connectivity index (χ2v) is 5.56. The number of non-ortho nitro benzene ring substituents is 1. The van der Waals surface area contributed by atoms with Crippen molar-refractivity contribution in [2.24, 2.45) is 5.10 Å². The Labute approximate surface area is 147 Å². The highest BCUT2D eigenvalue weighted by Crippen LogP contribution is 2.26. The van der Waals surface area contributed by atoms with E-state index in [4.69, 9.17) is 5.11 Å². The van der Waals surface area contributed by atoms with Gasteiger partial charge in [0, 0.05) is 12.1 Å². The molecular formula is C18H13N3O5. The first-order valence-electron chi connectivity index (χ1n) is 7.56. The summed E-state index contributed by atoms with van der Waals surface area (Å²) in [5.74, 6) is -1.45. The maximum Gasteiger partial charge on any atom is 0.335 e. The third-order valence-corrected chi connectivity index (χ3v) is 3.81. The van der Waals surface area contributed by atoms with Gasteiger partial charge in [-0.2, -0.15) is 10.1 Å². The number of rotatable bonds is 4. The molecule has 0 saturated carbocycles. The van der Waals surface area contributed by atoms with Gasteiger partial charge in [0.1, 0.15) is 0 Å². The Hall–Kier alpha value is -3.81. The van der Waals surface area contributed by atoms with Crippen LogP contribution in [0.25, 0.3) is 6.08 Å². The molecule has 2 aromatic rings. The number of hydrazone groups is 1. The summed E-state index contributed by atoms with van der Waals surface area (Å²) in [6.45, 7) is 1.66. The van der Waals surface area contributed by atoms with Crippen LogP contribution in [0.2, 0.25) is 0 Å². The summed E-state index contributed by atoms with van der Waals surface area (Å²) in [7, 11) is 0. The molecule has 130 valence electrons. The van der Waals surface area contributed by atoms with Gasteiger partial charge in [0.15, 0.2) is 0 Å². The van der Waals surface area contributed by atoms with Gasteiger partial charge in [0.25, 0.3) is 11.6 Å². The number of hydrogen-bond acceptors (Lipinski definition) is 5. The first kappa shape index (κ1) is 17.0. The van der Waals surface area contributed by atoms with Gasteiger partial charge in [-0.25, -0.2) is 4.79 Å². The Bertz CT molecular complexity index is 977. The van der Waals surface area contributed by atoms with E-state index in [9.17, 15) is 19.7 Å². The average molecular weight is 351 g/mol. The van der Waals surface area contributed by atoms with Gasteiger partial charge in [-0.15, -0.1) is 0 Å². The second-order valence-electron chi connectivity index (χ2n) is 5.56. The fraction of sp³-hybridized carbons (Fsp3) is 0.0556. The van der Waals surface area contributed by atoms with Crippen LogP contribution in [-0.2, 0) is 4.79 Å². The molecule has 0 bridgehead atoms. The largest absolute Gasteiger partial charge is 0.478 e. The fourth-order valence-electron chi connectivity index (χ4n) is 2.50. The number of aromatic carboxylic acids is 1. The molecule has 0 atom stereocenters. The molecule has 1 amide bonds. The van der Waals surface area contributed by atoms with Crippen molar-refractivity contribution < 1.29 is 19.6 Å². The standard InChI is InChI=1S/C18H13N3O5/c1-11-16(10-12-3-2-4-15(9-12)21(25)26)17(22)20(19-11)14-7-5-13(6-8-14)18(23)24/h2-10H,1H3,(H,23,24)/b16-10+. The Morgan fingerprint density at radius 3 is 2.54 bits per heavy atom. The first-order valence-corrected chi connectivity index (χ1v) is 7.56. The lowest BCUT2D eigenvalue weighted by Crippen LogP contribution is -2.21. The Morgan fingerprint density at radius 1 is 1.23 bits per heavy atom. The summed E-state index contributed by atoms with van der Waals surface area (Å²) in [5, 5.41) is 25.2. The van der Waals surface area contributed by atoms with E-state index in [-0.39, 0.29) is 11.3 Å². The van der Waals surface area contributed by atoms with Gasteiger partial charge in [0.2, 0.25) is 0 Å². The number of amides is 1. The van der Waals surface area contributed by atoms with Gasteiger partial charge >= 0.3 is 5.97 Å². The van der Waals surface area contributed by atoms with E-state index in [0.717, 1.165) is 0 Å². The van der Waals surface area contributed by atoms with E-state index in [1.54, 1.807) is 25.1 Å². The van der Waals surface area contributed by atoms with Crippen LogP contribution in [0.1, 0.15) is 22.8 Å². The molecule has 2 aromatic carbocycles. The Kier molecular flexibility index (Phi) is 4.32. The average Bonchev–Trinajstić information content (AvgIpc) is 2.90. The molecule has 0 aliphatic carbocycles. The molecule has 8 heteroatoms. The summed E-state index contributed by atoms with van der Waals surface area (Å²) in [6.07, 6.45) is 1.54. The molecule has 0 radical (unpaired) electrons. The number of benzene rings is 2. The van der Waals surface area contributed by atoms with E-state index in [1.807, 2.05) is 0 Å². The maximum absolute atomic E-state index is 12.7. The number of carboxylic acid groups (broad SMARTS) is 1. The van der Waals surface area contributed by atoms with Gasteiger partial charge < -0.3 is 5.11 Å². The van der Waals surface area contributed by atoms with E-state index in [2.05, 4.69) is 5.10 Å². The molecule has 0 saturated heterocycles. The predicted octanol–water partition coefficient (Wildman–Crippen LogP) is 3.10. The molecule has 1 heterocycles. The van der Waals surface area contributed by atoms with Crippen LogP contribution in [0.15, 0.2) is 59.2 Å². The highest BCUT2D eigenvalue weighted by Gasteiger charge is 2.28. The van der Waals surface area contributed by atoms with E-state index in [0.29, 0.717) is 22.5 Å². The molecule has 0 fully saturated rings. The minimum absolute atomic E-state index is 0.0690. The van der Waals surface area contributed by atoms with Crippen molar-refractivity contribution in [2.75, 3.05) is 5.01 Å². The summed E-state index contributed by atoms with van der Waals surface area (Å²) in [4.78, 5) is 33.9. The normalized spacial score (nSPS) is 15.3. The minimum Gasteiger partial charge on any atom is -0.478 e. The Balaban J connectivity index is 1.91. The molecule has 1 aliphatic heterocycles. The molecule has 1 N–H and O–H groups in total. The smallest absolute Gasteiger partial charge is 0.335 e. The van der Waals surface area contributed by atoms with Crippen LogP contribution >= 0.6 is 0 Å². The predicted molar refractivity (Wildman–Crippen MR) is 95.1 cm³/mol. The number of anilines is 1. The number of hydrogen-bond donors (Lipinski definition) is 1. The topological polar surface area (TPSA) is 113 Å². The number of carbonyl (C=O) groups excluding carboxylic acids is 1. The molecule has 0 unspecified atom stereocenters. The highest BCUT2D eigenvalue weighted by atomic mass is 16.6. The molecule has 1 aliphatic rings. The lowest BCUT2D eigenvalue weighted by atomic mass is 10.1. The second kappa shape index (κ2) is 6.60. The van der Waals surface area contributed by atoms with Crippen LogP contribution in [0, 0.1) is 10.1 Å². The van der Waals surface area contributed by atoms with Crippen molar-refractivity contribution in [3.63, 3.8) is 0 Å². The number of carboxylic acids is 1. The zero-order valence-electron chi connectivity index (χ0n) is 13.6. The SMILES string of the molecule is CC1=NN(c2ccc(C(=O)O)cc2)C(=O)/C1=C/c1cccc([N+](=O)[O-])c1. The minimum atomic E-state index is -1.06. The van der Waals surface area contributed by atoms with Crippen LogP contribution in [0.5, 0.6) is 0 Å². The number of nitro benzene ring substituents is 1. The number of nitro groups is 1. The Morgan fingerprint density at radius 2 is 1.92 bits per heavy atom. The van der Waals surface area contributed by atoms with E-state index < -0.39 is 16.8 Å². The van der Waals surface area contributed by atoms with Gasteiger partial charge in [0.05, 0.1) is 27.5 Å². The molecule has 0 aromatic heterocycles. The molecule has 8 nitrogen and oxygen atoms in total. The van der Waals surface area contributed by atoms with Gasteiger partial charge in [-0.3, -0.25) is 14.9 Å². The maximum atomic E-state index is 12.7. The van der Waals surface area contributed by atoms with Crippen LogP contribution in [0.4, 0.5) is 11.4 Å². The van der Waals surface area contributed by atoms with E-state index in [1.165, 1.54) is 41.4 Å². The molecule has 3 rings (SSSR count). The monoisotopic (exact) mass is 351 g/mol. The summed E-state index contributed by atoms with van der Waals surface area (Å²) < 4.78 is 0. The van der Waals surface area contributed by atoms with Crippen molar-refractivity contribution in [2.45, 2.75) is 6.92 Å². The van der Waals surface area contributed by atoms with E-state index >= 15 is 0 Å². The quantitative estimate of drug-likeness (QED) is 0.516. The molecular weight excluding hydrogens is 338 g/mol. The summed E-state index contributed by atoms with van der Waals surface area (Å²) in [6, 6.07) is 11.7. The zero-order valence-corrected chi connectivity index (χ0v) is 13.6. The molecule has 0 spiro atoms. The third-order valence-electron chi connectivity index (χ3n) is 3.81. The van der Waals surface area contributed by atoms with Gasteiger partial charge in [-0.1, -0.05) is 12.1 Å². The summed E-state index contributed by atoms with van der Waals surface area (Å²) in [5.41, 5.74) is 1.76. The van der Waals surface area contributed by atoms with Crippen molar-refractivity contribution >= 4 is 35.0 Å². The van der Waals surface area contributed by atoms with Crippen LogP contribution in [0.3, 0.4) is 0 Å². The number of nitrogens with zero attached hydrogens (tertiary/aromatic N) is 3. The highest BCUT2D eigenvalue weighted by molar-refractivity contribution is 6.32. The lowest BCUT2D eigenvalue weighted by Gasteiger charge is -2.11. The lowest BCUT2D eigenvalue weighted by molar-refractivity contribution is -0.384. The van der Waals surface area contributed by atoms with Crippen LogP contribution < -0.4 is 5.01 Å². The number of carbonyl (C=O) groups is 2. The van der Waals surface area contributed by atoms with Gasteiger partial charge in [-0.05, 0) is 42.8 Å². The van der Waals surface area contributed by atoms with Crippen molar-refractivity contribution in [3.05, 3.63) is 75.3 Å². The summed E-state index contributed by atoms with van der Waals surface area (Å²) >= 11 is 0. The molecule has 26 heavy (non-hydrogen) atoms. The fourth-order valence-corrected chi connectivity index (χ4v) is 2.50.